The van der Waals surface area contributed by atoms with Gasteiger partial charge in [0.15, 0.2) is 14.1 Å². The highest BCUT2D eigenvalue weighted by Gasteiger charge is 2.45. The molecule has 0 aromatic heterocycles. The summed E-state index contributed by atoms with van der Waals surface area (Å²) in [5.74, 6) is -1.01. The third-order valence-corrected chi connectivity index (χ3v) is 6.23. The number of methoxy groups -OCH3 is 1. The van der Waals surface area contributed by atoms with Crippen molar-refractivity contribution in [3.8, 4) is 0 Å². The lowest BCUT2D eigenvalue weighted by molar-refractivity contribution is -0.205. The van der Waals surface area contributed by atoms with E-state index in [1.54, 1.807) is 20.2 Å². The van der Waals surface area contributed by atoms with E-state index in [1.165, 1.54) is 0 Å². The van der Waals surface area contributed by atoms with Crippen LogP contribution in [-0.4, -0.2) is 33.6 Å². The van der Waals surface area contributed by atoms with E-state index in [1.807, 2.05) is 43.4 Å². The summed E-state index contributed by atoms with van der Waals surface area (Å²) in [5, 5.41) is 0. The quantitative estimate of drug-likeness (QED) is 0.549. The lowest BCUT2D eigenvalue weighted by Crippen LogP contribution is -2.47. The predicted octanol–water partition coefficient (Wildman–Crippen LogP) is 3.81. The zero-order valence-corrected chi connectivity index (χ0v) is 17.5. The van der Waals surface area contributed by atoms with Gasteiger partial charge in [-0.05, 0) is 37.6 Å². The standard InChI is InChI=1S/C17H32O4Si2/c1-16(2,14-22(4,5)18)13-17(20-3,21-23(6,7)19)15-11-9-8-10-12-15/h8-12,18-19H,13-14H2,1-7H3. The molecule has 2 N–H and O–H groups in total. The third kappa shape index (κ3) is 6.86. The van der Waals surface area contributed by atoms with Crippen LogP contribution in [0.3, 0.4) is 0 Å². The van der Waals surface area contributed by atoms with Crippen LogP contribution in [0.15, 0.2) is 30.3 Å². The van der Waals surface area contributed by atoms with Gasteiger partial charge in [-0.2, -0.15) is 0 Å². The van der Waals surface area contributed by atoms with Gasteiger partial charge in [-0.15, -0.1) is 0 Å². The summed E-state index contributed by atoms with van der Waals surface area (Å²) in [7, 11) is -3.44. The lowest BCUT2D eigenvalue weighted by Gasteiger charge is -2.43. The smallest absolute Gasteiger partial charge is 0.331 e. The molecular formula is C17H32O4Si2. The molecule has 1 unspecified atom stereocenters. The highest BCUT2D eigenvalue weighted by molar-refractivity contribution is 6.69. The Morgan fingerprint density at radius 1 is 1.00 bits per heavy atom. The van der Waals surface area contributed by atoms with Gasteiger partial charge in [-0.3, -0.25) is 0 Å². The highest BCUT2D eigenvalue weighted by atomic mass is 28.4. The van der Waals surface area contributed by atoms with Crippen molar-refractivity contribution in [2.75, 3.05) is 7.11 Å². The van der Waals surface area contributed by atoms with E-state index in [4.69, 9.17) is 9.16 Å². The SMILES string of the molecule is COC(CC(C)(C)C[Si](C)(C)O)(O[Si](C)(C)O)c1ccccc1. The topological polar surface area (TPSA) is 58.9 Å². The van der Waals surface area contributed by atoms with Crippen molar-refractivity contribution in [3.05, 3.63) is 35.9 Å². The maximum absolute atomic E-state index is 10.4. The molecule has 1 aromatic carbocycles. The van der Waals surface area contributed by atoms with Crippen molar-refractivity contribution in [1.82, 2.24) is 0 Å². The van der Waals surface area contributed by atoms with Crippen LogP contribution >= 0.6 is 0 Å². The number of benzene rings is 1. The number of hydrogen-bond donors (Lipinski definition) is 2. The summed E-state index contributed by atoms with van der Waals surface area (Å²) in [5.41, 5.74) is 0.707. The minimum Gasteiger partial charge on any atom is -0.432 e. The van der Waals surface area contributed by atoms with E-state index in [-0.39, 0.29) is 5.41 Å². The Labute approximate surface area is 142 Å². The van der Waals surface area contributed by atoms with Crippen LogP contribution in [-0.2, 0) is 14.9 Å². The Kier molecular flexibility index (Phi) is 6.40. The van der Waals surface area contributed by atoms with Gasteiger partial charge in [0.05, 0.1) is 0 Å². The average molecular weight is 357 g/mol. The second-order valence-electron chi connectivity index (χ2n) is 8.20. The molecule has 4 nitrogen and oxygen atoms in total. The first-order chi connectivity index (χ1) is 10.3. The Morgan fingerprint density at radius 2 is 1.52 bits per heavy atom. The molecule has 0 aliphatic carbocycles. The van der Waals surface area contributed by atoms with E-state index in [2.05, 4.69) is 13.8 Å². The van der Waals surface area contributed by atoms with Crippen molar-refractivity contribution < 1.29 is 18.8 Å². The molecule has 0 fully saturated rings. The van der Waals surface area contributed by atoms with Crippen molar-refractivity contribution in [3.63, 3.8) is 0 Å². The molecule has 6 heteroatoms. The third-order valence-electron chi connectivity index (χ3n) is 3.58. The first kappa shape index (κ1) is 20.5. The molecule has 1 rings (SSSR count). The summed E-state index contributed by atoms with van der Waals surface area (Å²) < 4.78 is 12.0. The molecule has 1 aromatic rings. The first-order valence-corrected chi connectivity index (χ1v) is 14.1. The van der Waals surface area contributed by atoms with Crippen LogP contribution in [0.5, 0.6) is 0 Å². The molecule has 0 aliphatic heterocycles. The van der Waals surface area contributed by atoms with Gasteiger partial charge in [-0.25, -0.2) is 0 Å². The Bertz CT molecular complexity index is 492. The van der Waals surface area contributed by atoms with Gasteiger partial charge in [0.25, 0.3) is 0 Å². The zero-order chi connectivity index (χ0) is 17.9. The second-order valence-corrected chi connectivity index (χ2v) is 15.3. The van der Waals surface area contributed by atoms with Crippen molar-refractivity contribution in [2.24, 2.45) is 5.41 Å². The van der Waals surface area contributed by atoms with Crippen LogP contribution in [0.2, 0.25) is 32.2 Å². The molecule has 1 atom stereocenters. The van der Waals surface area contributed by atoms with Crippen molar-refractivity contribution in [1.29, 1.82) is 0 Å². The Balaban J connectivity index is 3.24. The summed E-state index contributed by atoms with van der Waals surface area (Å²) >= 11 is 0. The number of ether oxygens (including phenoxy) is 1. The molecular weight excluding hydrogens is 324 g/mol. The van der Waals surface area contributed by atoms with E-state index < -0.39 is 22.7 Å². The van der Waals surface area contributed by atoms with Gasteiger partial charge in [0.1, 0.15) is 0 Å². The van der Waals surface area contributed by atoms with Crippen molar-refractivity contribution >= 4 is 16.9 Å². The van der Waals surface area contributed by atoms with Gasteiger partial charge in [0.2, 0.25) is 0 Å². The predicted molar refractivity (Wildman–Crippen MR) is 98.8 cm³/mol. The first-order valence-electron chi connectivity index (χ1n) is 8.04. The maximum Gasteiger partial charge on any atom is 0.331 e. The largest absolute Gasteiger partial charge is 0.432 e. The fraction of sp³-hybridized carbons (Fsp3) is 0.647. The van der Waals surface area contributed by atoms with E-state index in [0.717, 1.165) is 11.6 Å². The molecule has 0 spiro atoms. The van der Waals surface area contributed by atoms with Gasteiger partial charge in [-0.1, -0.05) is 44.2 Å². The van der Waals surface area contributed by atoms with Crippen LogP contribution in [0, 0.1) is 5.41 Å². The van der Waals surface area contributed by atoms with Gasteiger partial charge in [0, 0.05) is 19.1 Å². The molecule has 0 amide bonds. The van der Waals surface area contributed by atoms with Gasteiger partial charge >= 0.3 is 8.56 Å². The summed E-state index contributed by atoms with van der Waals surface area (Å²) in [6.45, 7) is 11.6. The normalized spacial score (nSPS) is 16.2. The molecule has 0 heterocycles. The monoisotopic (exact) mass is 356 g/mol. The van der Waals surface area contributed by atoms with Crippen LogP contribution < -0.4 is 0 Å². The molecule has 23 heavy (non-hydrogen) atoms. The minimum atomic E-state index is -2.83. The van der Waals surface area contributed by atoms with Crippen molar-refractivity contribution in [2.45, 2.75) is 58.3 Å². The molecule has 0 saturated heterocycles. The summed E-state index contributed by atoms with van der Waals surface area (Å²) in [6.07, 6.45) is 0.564. The maximum atomic E-state index is 10.4. The fourth-order valence-electron chi connectivity index (χ4n) is 3.39. The minimum absolute atomic E-state index is 0.185. The molecule has 0 radical (unpaired) electrons. The second kappa shape index (κ2) is 7.17. The van der Waals surface area contributed by atoms with Gasteiger partial charge < -0.3 is 18.8 Å². The zero-order valence-electron chi connectivity index (χ0n) is 15.5. The van der Waals surface area contributed by atoms with E-state index in [0.29, 0.717) is 6.42 Å². The van der Waals surface area contributed by atoms with E-state index >= 15 is 0 Å². The summed E-state index contributed by atoms with van der Waals surface area (Å²) in [4.78, 5) is 20.7. The van der Waals surface area contributed by atoms with E-state index in [9.17, 15) is 9.59 Å². The molecule has 0 aliphatic rings. The number of rotatable bonds is 8. The molecule has 0 bridgehead atoms. The molecule has 0 saturated carbocycles. The van der Waals surface area contributed by atoms with Crippen LogP contribution in [0.4, 0.5) is 0 Å². The highest BCUT2D eigenvalue weighted by Crippen LogP contribution is 2.43. The number of hydrogen-bond acceptors (Lipinski definition) is 4. The Morgan fingerprint density at radius 3 is 1.91 bits per heavy atom. The Hall–Kier alpha value is -0.506. The summed E-state index contributed by atoms with van der Waals surface area (Å²) in [6, 6.07) is 10.5. The van der Waals surface area contributed by atoms with Crippen LogP contribution in [0.25, 0.3) is 0 Å². The fourth-order valence-corrected chi connectivity index (χ4v) is 6.94. The van der Waals surface area contributed by atoms with Crippen LogP contribution in [0.1, 0.15) is 25.8 Å². The molecule has 132 valence electrons. The lowest BCUT2D eigenvalue weighted by atomic mass is 9.84. The average Bonchev–Trinajstić information content (AvgIpc) is 2.34.